The highest BCUT2D eigenvalue weighted by molar-refractivity contribution is 5.96. The van der Waals surface area contributed by atoms with Crippen LogP contribution in [0.3, 0.4) is 0 Å². The van der Waals surface area contributed by atoms with Gasteiger partial charge in [0.2, 0.25) is 23.6 Å². The van der Waals surface area contributed by atoms with Gasteiger partial charge in [0, 0.05) is 13.0 Å². The fourth-order valence-electron chi connectivity index (χ4n) is 2.61. The van der Waals surface area contributed by atoms with Gasteiger partial charge in [-0.15, -0.1) is 0 Å². The minimum atomic E-state index is -1.57. The van der Waals surface area contributed by atoms with Gasteiger partial charge in [0.1, 0.15) is 24.2 Å². The molecule has 0 spiro atoms. The number of rotatable bonds is 17. The molecule has 0 radical (unpaired) electrons. The van der Waals surface area contributed by atoms with Gasteiger partial charge in [-0.3, -0.25) is 29.0 Å². The molecule has 0 aliphatic carbocycles. The number of guanidine groups is 1. The number of hydrogen-bond donors (Lipinski definition) is 10. The van der Waals surface area contributed by atoms with E-state index in [1.165, 1.54) is 0 Å². The zero-order valence-corrected chi connectivity index (χ0v) is 18.8. The number of nitrogens with one attached hydrogen (secondary N) is 3. The first-order chi connectivity index (χ1) is 16.3. The molecule has 17 heteroatoms. The molecule has 14 N–H and O–H groups in total. The molecule has 0 heterocycles. The van der Waals surface area contributed by atoms with Crippen LogP contribution in [0, 0.1) is 0 Å². The van der Waals surface area contributed by atoms with Crippen molar-refractivity contribution in [3.05, 3.63) is 0 Å². The number of carboxylic acids is 2. The van der Waals surface area contributed by atoms with E-state index in [1.54, 1.807) is 0 Å². The van der Waals surface area contributed by atoms with Crippen molar-refractivity contribution in [1.82, 2.24) is 16.0 Å². The van der Waals surface area contributed by atoms with Gasteiger partial charge in [0.25, 0.3) is 0 Å². The third kappa shape index (κ3) is 13.3. The van der Waals surface area contributed by atoms with Gasteiger partial charge in [-0.1, -0.05) is 0 Å². The molecule has 0 aromatic carbocycles. The summed E-state index contributed by atoms with van der Waals surface area (Å²) < 4.78 is 0. The van der Waals surface area contributed by atoms with E-state index in [0.717, 1.165) is 0 Å². The summed E-state index contributed by atoms with van der Waals surface area (Å²) in [5.74, 6) is -6.95. The molecular formula is C18H32N8O9. The predicted octanol–water partition coefficient (Wildman–Crippen LogP) is -5.36. The van der Waals surface area contributed by atoms with E-state index in [4.69, 9.17) is 33.1 Å². The van der Waals surface area contributed by atoms with Crippen molar-refractivity contribution < 1.29 is 44.1 Å². The van der Waals surface area contributed by atoms with Crippen LogP contribution in [0.25, 0.3) is 0 Å². The van der Waals surface area contributed by atoms with Gasteiger partial charge in [-0.05, 0) is 19.3 Å². The van der Waals surface area contributed by atoms with Crippen LogP contribution in [0.5, 0.6) is 0 Å². The first-order valence-corrected chi connectivity index (χ1v) is 10.3. The Morgan fingerprint density at radius 2 is 1.34 bits per heavy atom. The van der Waals surface area contributed by atoms with E-state index >= 15 is 0 Å². The van der Waals surface area contributed by atoms with Gasteiger partial charge in [0.05, 0.1) is 13.0 Å². The Kier molecular flexibility index (Phi) is 14.0. The fraction of sp³-hybridized carbons (Fsp3) is 0.611. The molecule has 0 aromatic heterocycles. The number of aliphatic carboxylic acids is 2. The number of aliphatic imine (C=N–C) groups is 1. The first-order valence-electron chi connectivity index (χ1n) is 10.3. The van der Waals surface area contributed by atoms with Gasteiger partial charge in [-0.2, -0.15) is 0 Å². The summed E-state index contributed by atoms with van der Waals surface area (Å²) in [5, 5.41) is 33.6. The molecule has 4 unspecified atom stereocenters. The molecule has 0 aromatic rings. The van der Waals surface area contributed by atoms with Crippen molar-refractivity contribution >= 4 is 41.5 Å². The van der Waals surface area contributed by atoms with E-state index < -0.39 is 85.6 Å². The molecule has 4 amide bonds. The van der Waals surface area contributed by atoms with Crippen LogP contribution in [-0.2, 0) is 28.8 Å². The number of nitrogens with two attached hydrogens (primary N) is 4. The van der Waals surface area contributed by atoms with Crippen molar-refractivity contribution in [1.29, 1.82) is 0 Å². The summed E-state index contributed by atoms with van der Waals surface area (Å²) in [6.45, 7) is -0.699. The van der Waals surface area contributed by atoms with Crippen LogP contribution < -0.4 is 38.9 Å². The Morgan fingerprint density at radius 3 is 1.83 bits per heavy atom. The van der Waals surface area contributed by atoms with Crippen LogP contribution in [0.4, 0.5) is 0 Å². The number of aliphatic hydroxyl groups is 1. The van der Waals surface area contributed by atoms with Gasteiger partial charge < -0.3 is 54.2 Å². The van der Waals surface area contributed by atoms with Gasteiger partial charge in [-0.25, -0.2) is 4.79 Å². The zero-order chi connectivity index (χ0) is 27.1. The lowest BCUT2D eigenvalue weighted by molar-refractivity contribution is -0.143. The maximum atomic E-state index is 12.7. The quantitative estimate of drug-likeness (QED) is 0.0504. The molecule has 0 fully saturated rings. The van der Waals surface area contributed by atoms with Crippen LogP contribution in [0.1, 0.15) is 32.1 Å². The van der Waals surface area contributed by atoms with Gasteiger partial charge in [0.15, 0.2) is 5.96 Å². The summed E-state index contributed by atoms with van der Waals surface area (Å²) >= 11 is 0. The number of carbonyl (C=O) groups is 6. The average Bonchev–Trinajstić information content (AvgIpc) is 2.76. The second-order valence-electron chi connectivity index (χ2n) is 7.36. The van der Waals surface area contributed by atoms with Crippen molar-refractivity contribution in [3.8, 4) is 0 Å². The minimum absolute atomic E-state index is 0.0517. The molecule has 0 rings (SSSR count). The monoisotopic (exact) mass is 504 g/mol. The Bertz CT molecular complexity index is 816. The molecule has 0 bridgehead atoms. The second kappa shape index (κ2) is 15.8. The zero-order valence-electron chi connectivity index (χ0n) is 18.8. The Morgan fingerprint density at radius 1 is 0.800 bits per heavy atom. The molecule has 0 saturated heterocycles. The highest BCUT2D eigenvalue weighted by atomic mass is 16.4. The number of carboxylic acid groups (broad SMARTS) is 2. The number of nitrogens with zero attached hydrogens (tertiary/aromatic N) is 1. The SMILES string of the molecule is NC(=O)CC(NC(=O)C(N)CO)C(=O)NC(CCCN=C(N)N)C(=O)NC(CCC(=O)O)C(=O)O. The first kappa shape index (κ1) is 31.0. The highest BCUT2D eigenvalue weighted by Gasteiger charge is 2.31. The lowest BCUT2D eigenvalue weighted by Gasteiger charge is -2.24. The molecular weight excluding hydrogens is 472 g/mol. The van der Waals surface area contributed by atoms with Crippen LogP contribution in [0.2, 0.25) is 0 Å². The maximum absolute atomic E-state index is 12.7. The molecule has 17 nitrogen and oxygen atoms in total. The summed E-state index contributed by atoms with van der Waals surface area (Å²) in [6.07, 6.45) is -1.60. The molecule has 0 aliphatic heterocycles. The standard InChI is InChI=1S/C18H32N8O9/c19-8(7-27)14(31)26-11(6-12(20)28)16(33)24-9(2-1-5-23-18(21)22)15(32)25-10(17(34)35)3-4-13(29)30/h8-11,27H,1-7,19H2,(H2,20,28)(H,24,33)(H,25,32)(H,26,31)(H,29,30)(H,34,35)(H4,21,22,23). The molecule has 0 saturated carbocycles. The fourth-order valence-corrected chi connectivity index (χ4v) is 2.61. The summed E-state index contributed by atoms with van der Waals surface area (Å²) in [4.78, 5) is 74.7. The minimum Gasteiger partial charge on any atom is -0.481 e. The van der Waals surface area contributed by atoms with Crippen LogP contribution in [-0.4, -0.2) is 94.2 Å². The largest absolute Gasteiger partial charge is 0.481 e. The Labute approximate surface area is 199 Å². The number of carbonyl (C=O) groups excluding carboxylic acids is 4. The van der Waals surface area contributed by atoms with Crippen molar-refractivity contribution in [2.24, 2.45) is 27.9 Å². The van der Waals surface area contributed by atoms with E-state index in [9.17, 15) is 33.9 Å². The lowest BCUT2D eigenvalue weighted by atomic mass is 10.1. The Balaban J connectivity index is 5.63. The average molecular weight is 505 g/mol. The number of hydrogen-bond acceptors (Lipinski definition) is 9. The van der Waals surface area contributed by atoms with Crippen LogP contribution in [0.15, 0.2) is 4.99 Å². The number of aliphatic hydroxyl groups excluding tert-OH is 1. The normalized spacial score (nSPS) is 13.9. The van der Waals surface area contributed by atoms with Gasteiger partial charge >= 0.3 is 11.9 Å². The lowest BCUT2D eigenvalue weighted by Crippen LogP contribution is -2.58. The Hall–Kier alpha value is -3.99. The molecule has 35 heavy (non-hydrogen) atoms. The smallest absolute Gasteiger partial charge is 0.326 e. The number of primary amides is 1. The molecule has 0 aliphatic rings. The third-order valence-electron chi connectivity index (χ3n) is 4.41. The summed E-state index contributed by atoms with van der Waals surface area (Å²) in [6, 6.07) is -5.92. The topological polar surface area (TPSA) is 316 Å². The molecule has 4 atom stereocenters. The van der Waals surface area contributed by atoms with Crippen molar-refractivity contribution in [2.45, 2.75) is 56.3 Å². The van der Waals surface area contributed by atoms with Crippen molar-refractivity contribution in [3.63, 3.8) is 0 Å². The third-order valence-corrected chi connectivity index (χ3v) is 4.41. The molecule has 198 valence electrons. The van der Waals surface area contributed by atoms with E-state index in [2.05, 4.69) is 20.9 Å². The summed E-state index contributed by atoms with van der Waals surface area (Å²) in [7, 11) is 0. The summed E-state index contributed by atoms with van der Waals surface area (Å²) in [5.41, 5.74) is 20.9. The van der Waals surface area contributed by atoms with Crippen molar-refractivity contribution in [2.75, 3.05) is 13.2 Å². The predicted molar refractivity (Wildman–Crippen MR) is 119 cm³/mol. The van der Waals surface area contributed by atoms with E-state index in [1.807, 2.05) is 0 Å². The van der Waals surface area contributed by atoms with E-state index in [0.29, 0.717) is 0 Å². The number of amides is 4. The van der Waals surface area contributed by atoms with E-state index in [-0.39, 0.29) is 25.3 Å². The highest BCUT2D eigenvalue weighted by Crippen LogP contribution is 2.05. The second-order valence-corrected chi connectivity index (χ2v) is 7.36. The maximum Gasteiger partial charge on any atom is 0.326 e. The van der Waals surface area contributed by atoms with Crippen LogP contribution >= 0.6 is 0 Å².